The largest absolute Gasteiger partial charge is 0.493 e. The van der Waals surface area contributed by atoms with Gasteiger partial charge in [-0.3, -0.25) is 4.99 Å². The number of nitrogens with zero attached hydrogens (tertiary/aromatic N) is 1. The minimum Gasteiger partial charge on any atom is -0.493 e. The van der Waals surface area contributed by atoms with E-state index in [2.05, 4.69) is 30.2 Å². The third-order valence-electron chi connectivity index (χ3n) is 3.25. The van der Waals surface area contributed by atoms with E-state index in [1.165, 1.54) is 0 Å². The van der Waals surface area contributed by atoms with Crippen molar-refractivity contribution in [2.45, 2.75) is 26.3 Å². The van der Waals surface area contributed by atoms with Crippen molar-refractivity contribution in [1.82, 2.24) is 5.32 Å². The second-order valence-corrected chi connectivity index (χ2v) is 5.61. The van der Waals surface area contributed by atoms with Crippen molar-refractivity contribution in [3.63, 3.8) is 0 Å². The molecule has 0 saturated heterocycles. The monoisotopic (exact) mass is 291 g/mol. The maximum absolute atomic E-state index is 5.95. The summed E-state index contributed by atoms with van der Waals surface area (Å²) < 4.78 is 11.1. The van der Waals surface area contributed by atoms with Crippen LogP contribution in [-0.2, 0) is 4.74 Å². The molecule has 2 rings (SSSR count). The van der Waals surface area contributed by atoms with E-state index in [1.54, 1.807) is 0 Å². The number of rotatable bonds is 6. The molecule has 0 aromatic heterocycles. The number of para-hydroxylation sites is 1. The molecule has 5 nitrogen and oxygen atoms in total. The van der Waals surface area contributed by atoms with Crippen LogP contribution in [0.25, 0.3) is 0 Å². The lowest BCUT2D eigenvalue weighted by atomic mass is 10.0. The van der Waals surface area contributed by atoms with Crippen molar-refractivity contribution in [2.24, 2.45) is 16.6 Å². The molecule has 0 fully saturated rings. The lowest BCUT2D eigenvalue weighted by Crippen LogP contribution is -2.37. The Morgan fingerprint density at radius 3 is 3.10 bits per heavy atom. The smallest absolute Gasteiger partial charge is 0.189 e. The number of aliphatic imine (C=N–C) groups is 1. The average Bonchev–Trinajstić information content (AvgIpc) is 2.47. The fraction of sp³-hybridized carbons (Fsp3) is 0.562. The Bertz CT molecular complexity index is 474. The molecule has 1 aromatic carbocycles. The van der Waals surface area contributed by atoms with Gasteiger partial charge in [-0.2, -0.15) is 0 Å². The quantitative estimate of drug-likeness (QED) is 0.478. The van der Waals surface area contributed by atoms with Gasteiger partial charge in [0, 0.05) is 18.6 Å². The maximum Gasteiger partial charge on any atom is 0.189 e. The van der Waals surface area contributed by atoms with Gasteiger partial charge in [-0.1, -0.05) is 32.0 Å². The molecule has 1 heterocycles. The molecule has 1 aromatic rings. The SMILES string of the molecule is CC(C)COCCN=C(N)NC1CCOc2ccccc21. The van der Waals surface area contributed by atoms with E-state index in [4.69, 9.17) is 15.2 Å². The topological polar surface area (TPSA) is 68.9 Å². The van der Waals surface area contributed by atoms with Crippen LogP contribution >= 0.6 is 0 Å². The Labute approximate surface area is 126 Å². The van der Waals surface area contributed by atoms with Crippen molar-refractivity contribution in [3.05, 3.63) is 29.8 Å². The normalized spacial score (nSPS) is 18.2. The zero-order valence-electron chi connectivity index (χ0n) is 12.8. The second kappa shape index (κ2) is 7.88. The molecule has 1 aliphatic rings. The van der Waals surface area contributed by atoms with E-state index < -0.39 is 0 Å². The fourth-order valence-corrected chi connectivity index (χ4v) is 2.27. The van der Waals surface area contributed by atoms with Gasteiger partial charge in [-0.15, -0.1) is 0 Å². The minimum absolute atomic E-state index is 0.162. The summed E-state index contributed by atoms with van der Waals surface area (Å²) in [6, 6.07) is 8.19. The van der Waals surface area contributed by atoms with E-state index >= 15 is 0 Å². The summed E-state index contributed by atoms with van der Waals surface area (Å²) in [4.78, 5) is 4.31. The zero-order valence-corrected chi connectivity index (χ0v) is 12.8. The van der Waals surface area contributed by atoms with Gasteiger partial charge in [0.2, 0.25) is 0 Å². The highest BCUT2D eigenvalue weighted by Crippen LogP contribution is 2.31. The Balaban J connectivity index is 1.82. The first kappa shape index (κ1) is 15.6. The Kier molecular flexibility index (Phi) is 5.87. The van der Waals surface area contributed by atoms with Crippen LogP contribution in [0, 0.1) is 5.92 Å². The molecule has 1 atom stereocenters. The molecule has 0 spiro atoms. The van der Waals surface area contributed by atoms with E-state index in [0.29, 0.717) is 31.6 Å². The van der Waals surface area contributed by atoms with Crippen LogP contribution in [0.4, 0.5) is 0 Å². The van der Waals surface area contributed by atoms with Crippen molar-refractivity contribution in [2.75, 3.05) is 26.4 Å². The van der Waals surface area contributed by atoms with Crippen LogP contribution in [0.5, 0.6) is 5.75 Å². The standard InChI is InChI=1S/C16H25N3O2/c1-12(2)11-20-10-8-18-16(17)19-14-7-9-21-15-6-4-3-5-13(14)15/h3-6,12,14H,7-11H2,1-2H3,(H3,17,18,19). The van der Waals surface area contributed by atoms with Crippen LogP contribution < -0.4 is 15.8 Å². The van der Waals surface area contributed by atoms with E-state index in [1.807, 2.05) is 18.2 Å². The number of hydrogen-bond donors (Lipinski definition) is 2. The van der Waals surface area contributed by atoms with Gasteiger partial charge in [0.15, 0.2) is 5.96 Å². The molecule has 0 bridgehead atoms. The van der Waals surface area contributed by atoms with Gasteiger partial charge in [0.05, 0.1) is 25.8 Å². The number of nitrogens with two attached hydrogens (primary N) is 1. The number of fused-ring (bicyclic) bond motifs is 1. The first-order valence-electron chi connectivity index (χ1n) is 7.52. The van der Waals surface area contributed by atoms with Crippen LogP contribution in [0.15, 0.2) is 29.3 Å². The minimum atomic E-state index is 0.162. The molecule has 1 aliphatic heterocycles. The number of ether oxygens (including phenoxy) is 2. The van der Waals surface area contributed by atoms with Crippen molar-refractivity contribution in [1.29, 1.82) is 0 Å². The summed E-state index contributed by atoms with van der Waals surface area (Å²) in [5.41, 5.74) is 7.08. The van der Waals surface area contributed by atoms with Crippen molar-refractivity contribution in [3.8, 4) is 5.75 Å². The lowest BCUT2D eigenvalue weighted by molar-refractivity contribution is 0.117. The molecule has 116 valence electrons. The van der Waals surface area contributed by atoms with Gasteiger partial charge in [-0.05, 0) is 12.0 Å². The predicted octanol–water partition coefficient (Wildman–Crippen LogP) is 2.09. The lowest BCUT2D eigenvalue weighted by Gasteiger charge is -2.26. The summed E-state index contributed by atoms with van der Waals surface area (Å²) in [5, 5.41) is 3.27. The number of nitrogens with one attached hydrogen (secondary N) is 1. The first-order chi connectivity index (χ1) is 10.2. The number of guanidine groups is 1. The molecule has 0 saturated carbocycles. The van der Waals surface area contributed by atoms with Gasteiger partial charge in [0.1, 0.15) is 5.75 Å². The van der Waals surface area contributed by atoms with E-state index in [0.717, 1.165) is 24.3 Å². The van der Waals surface area contributed by atoms with Crippen molar-refractivity contribution < 1.29 is 9.47 Å². The molecule has 0 amide bonds. The Morgan fingerprint density at radius 2 is 2.29 bits per heavy atom. The zero-order chi connectivity index (χ0) is 15.1. The first-order valence-corrected chi connectivity index (χ1v) is 7.52. The predicted molar refractivity (Wildman–Crippen MR) is 84.6 cm³/mol. The molecular weight excluding hydrogens is 266 g/mol. The summed E-state index contributed by atoms with van der Waals surface area (Å²) in [5.74, 6) is 1.93. The summed E-state index contributed by atoms with van der Waals surface area (Å²) in [6.45, 7) is 6.89. The summed E-state index contributed by atoms with van der Waals surface area (Å²) >= 11 is 0. The highest BCUT2D eigenvalue weighted by atomic mass is 16.5. The van der Waals surface area contributed by atoms with Crippen LogP contribution in [0.1, 0.15) is 31.9 Å². The van der Waals surface area contributed by atoms with E-state index in [-0.39, 0.29) is 6.04 Å². The molecule has 21 heavy (non-hydrogen) atoms. The Hall–Kier alpha value is -1.75. The molecule has 1 unspecified atom stereocenters. The number of hydrogen-bond acceptors (Lipinski definition) is 3. The second-order valence-electron chi connectivity index (χ2n) is 5.61. The van der Waals surface area contributed by atoms with Gasteiger partial charge >= 0.3 is 0 Å². The molecule has 0 radical (unpaired) electrons. The summed E-state index contributed by atoms with van der Waals surface area (Å²) in [6.07, 6.45) is 0.886. The van der Waals surface area contributed by atoms with Gasteiger partial charge < -0.3 is 20.5 Å². The molecule has 0 aliphatic carbocycles. The van der Waals surface area contributed by atoms with E-state index in [9.17, 15) is 0 Å². The van der Waals surface area contributed by atoms with Crippen LogP contribution in [0.2, 0.25) is 0 Å². The third kappa shape index (κ3) is 4.93. The van der Waals surface area contributed by atoms with Gasteiger partial charge in [-0.25, -0.2) is 0 Å². The number of benzene rings is 1. The molecule has 5 heteroatoms. The Morgan fingerprint density at radius 1 is 1.48 bits per heavy atom. The fourth-order valence-electron chi connectivity index (χ4n) is 2.27. The molecular formula is C16H25N3O2. The van der Waals surface area contributed by atoms with Gasteiger partial charge in [0.25, 0.3) is 0 Å². The maximum atomic E-state index is 5.95. The highest BCUT2D eigenvalue weighted by molar-refractivity contribution is 5.78. The van der Waals surface area contributed by atoms with Crippen molar-refractivity contribution >= 4 is 5.96 Å². The highest BCUT2D eigenvalue weighted by Gasteiger charge is 2.20. The average molecular weight is 291 g/mol. The molecule has 3 N–H and O–H groups in total. The third-order valence-corrected chi connectivity index (χ3v) is 3.25. The van der Waals surface area contributed by atoms with Crippen LogP contribution in [-0.4, -0.2) is 32.3 Å². The summed E-state index contributed by atoms with van der Waals surface area (Å²) in [7, 11) is 0. The van der Waals surface area contributed by atoms with Crippen LogP contribution in [0.3, 0.4) is 0 Å².